The van der Waals surface area contributed by atoms with Gasteiger partial charge in [0, 0.05) is 43.9 Å². The molecule has 2 heterocycles. The van der Waals surface area contributed by atoms with E-state index in [9.17, 15) is 0 Å². The molecule has 0 N–H and O–H groups in total. The predicted octanol–water partition coefficient (Wildman–Crippen LogP) is 3.48. The summed E-state index contributed by atoms with van der Waals surface area (Å²) in [7, 11) is 0. The van der Waals surface area contributed by atoms with Crippen molar-refractivity contribution in [1.29, 1.82) is 0 Å². The molecule has 0 spiro atoms. The predicted molar refractivity (Wildman–Crippen MR) is 107 cm³/mol. The molecule has 3 aliphatic rings. The summed E-state index contributed by atoms with van der Waals surface area (Å²) in [6.07, 6.45) is 4.80. The lowest BCUT2D eigenvalue weighted by atomic mass is 10.0. The van der Waals surface area contributed by atoms with Crippen LogP contribution in [0.5, 0.6) is 5.75 Å². The van der Waals surface area contributed by atoms with Gasteiger partial charge < -0.3 is 9.79 Å². The number of hydrogen-bond donors (Lipinski definition) is 0. The Bertz CT molecular complexity index is 774. The van der Waals surface area contributed by atoms with E-state index in [4.69, 9.17) is 9.78 Å². The van der Waals surface area contributed by atoms with E-state index in [2.05, 4.69) is 46.2 Å². The van der Waals surface area contributed by atoms with Gasteiger partial charge in [0.05, 0.1) is 6.61 Å². The topological polar surface area (TPSA) is 24.9 Å². The van der Waals surface area contributed by atoms with Crippen LogP contribution in [0.3, 0.4) is 0 Å². The zero-order valence-electron chi connectivity index (χ0n) is 15.9. The SMILES string of the molecule is c1ccc2c(c1)CC(CCN1CCN(c3cccc4c3CCOO4)CC1)C2. The number of anilines is 1. The normalized spacial score (nSPS) is 20.2. The molecule has 1 fully saturated rings. The molecule has 4 nitrogen and oxygen atoms in total. The molecule has 1 aliphatic carbocycles. The summed E-state index contributed by atoms with van der Waals surface area (Å²) in [5.74, 6) is 1.72. The third kappa shape index (κ3) is 3.56. The molecule has 0 aromatic heterocycles. The summed E-state index contributed by atoms with van der Waals surface area (Å²) >= 11 is 0. The van der Waals surface area contributed by atoms with E-state index in [0.29, 0.717) is 6.61 Å². The van der Waals surface area contributed by atoms with Gasteiger partial charge in [0.2, 0.25) is 0 Å². The van der Waals surface area contributed by atoms with Crippen LogP contribution in [0.1, 0.15) is 23.1 Å². The monoisotopic (exact) mass is 364 g/mol. The molecule has 0 radical (unpaired) electrons. The largest absolute Gasteiger partial charge is 0.369 e. The van der Waals surface area contributed by atoms with E-state index in [-0.39, 0.29) is 0 Å². The molecule has 0 unspecified atom stereocenters. The highest BCUT2D eigenvalue weighted by molar-refractivity contribution is 5.60. The third-order valence-electron chi connectivity index (χ3n) is 6.39. The summed E-state index contributed by atoms with van der Waals surface area (Å²) in [6.45, 7) is 6.38. The molecule has 2 aliphatic heterocycles. The molecule has 0 saturated carbocycles. The van der Waals surface area contributed by atoms with Crippen molar-refractivity contribution in [3.63, 3.8) is 0 Å². The molecule has 2 aromatic rings. The van der Waals surface area contributed by atoms with Crippen LogP contribution in [-0.4, -0.2) is 44.2 Å². The Morgan fingerprint density at radius 2 is 1.67 bits per heavy atom. The lowest BCUT2D eigenvalue weighted by molar-refractivity contribution is -0.215. The van der Waals surface area contributed by atoms with Gasteiger partial charge in [-0.05, 0) is 55.0 Å². The van der Waals surface area contributed by atoms with E-state index < -0.39 is 0 Å². The van der Waals surface area contributed by atoms with Crippen molar-refractivity contribution in [1.82, 2.24) is 4.90 Å². The fourth-order valence-electron chi connectivity index (χ4n) is 4.86. The molecule has 27 heavy (non-hydrogen) atoms. The van der Waals surface area contributed by atoms with Gasteiger partial charge in [-0.25, -0.2) is 0 Å². The van der Waals surface area contributed by atoms with Gasteiger partial charge in [0.15, 0.2) is 5.75 Å². The minimum atomic E-state index is 0.647. The first-order chi connectivity index (χ1) is 13.4. The van der Waals surface area contributed by atoms with Crippen molar-refractivity contribution in [3.8, 4) is 5.75 Å². The molecule has 0 bridgehead atoms. The number of nitrogens with zero attached hydrogens (tertiary/aromatic N) is 2. The van der Waals surface area contributed by atoms with Gasteiger partial charge in [-0.15, -0.1) is 0 Å². The maximum Gasteiger partial charge on any atom is 0.170 e. The number of benzene rings is 2. The third-order valence-corrected chi connectivity index (χ3v) is 6.39. The van der Waals surface area contributed by atoms with Crippen molar-refractivity contribution >= 4 is 5.69 Å². The Labute approximate surface area is 161 Å². The zero-order chi connectivity index (χ0) is 18.1. The second-order valence-corrected chi connectivity index (χ2v) is 8.07. The van der Waals surface area contributed by atoms with Crippen molar-refractivity contribution in [2.24, 2.45) is 5.92 Å². The van der Waals surface area contributed by atoms with Gasteiger partial charge in [-0.1, -0.05) is 30.3 Å². The number of piperazine rings is 1. The Kier molecular flexibility index (Phi) is 4.76. The van der Waals surface area contributed by atoms with Crippen molar-refractivity contribution < 1.29 is 9.78 Å². The van der Waals surface area contributed by atoms with E-state index >= 15 is 0 Å². The minimum absolute atomic E-state index is 0.647. The fourth-order valence-corrected chi connectivity index (χ4v) is 4.86. The summed E-state index contributed by atoms with van der Waals surface area (Å²) in [5, 5.41) is 0. The van der Waals surface area contributed by atoms with Crippen LogP contribution in [0, 0.1) is 5.92 Å². The molecule has 4 heteroatoms. The molecule has 0 amide bonds. The molecule has 0 atom stereocenters. The Hall–Kier alpha value is -2.04. The molecule has 142 valence electrons. The van der Waals surface area contributed by atoms with Crippen LogP contribution < -0.4 is 9.79 Å². The van der Waals surface area contributed by atoms with Crippen molar-refractivity contribution in [3.05, 3.63) is 59.2 Å². The van der Waals surface area contributed by atoms with Crippen LogP contribution in [-0.2, 0) is 24.2 Å². The van der Waals surface area contributed by atoms with Gasteiger partial charge in [0.1, 0.15) is 0 Å². The second-order valence-electron chi connectivity index (χ2n) is 8.07. The summed E-state index contributed by atoms with van der Waals surface area (Å²) in [5.41, 5.74) is 5.79. The maximum absolute atomic E-state index is 5.36. The number of rotatable bonds is 4. The molecule has 2 aromatic carbocycles. The first kappa shape index (κ1) is 17.1. The van der Waals surface area contributed by atoms with E-state index in [1.54, 1.807) is 11.1 Å². The highest BCUT2D eigenvalue weighted by Crippen LogP contribution is 2.33. The smallest absolute Gasteiger partial charge is 0.170 e. The highest BCUT2D eigenvalue weighted by Gasteiger charge is 2.25. The molecule has 1 saturated heterocycles. The standard InChI is InChI=1S/C23H28N2O2/c1-2-5-20-17-18(16-19(20)4-1)8-10-24-11-13-25(14-12-24)22-6-3-7-23-21(22)9-15-26-27-23/h1-7,18H,8-17H2. The highest BCUT2D eigenvalue weighted by atomic mass is 17.2. The Balaban J connectivity index is 1.14. The van der Waals surface area contributed by atoms with Gasteiger partial charge in [-0.2, -0.15) is 4.89 Å². The van der Waals surface area contributed by atoms with Gasteiger partial charge in [0.25, 0.3) is 0 Å². The van der Waals surface area contributed by atoms with E-state index in [1.807, 2.05) is 6.07 Å². The lowest BCUT2D eigenvalue weighted by Gasteiger charge is -2.38. The van der Waals surface area contributed by atoms with E-state index in [1.165, 1.54) is 37.1 Å². The van der Waals surface area contributed by atoms with Crippen LogP contribution in [0.2, 0.25) is 0 Å². The zero-order valence-corrected chi connectivity index (χ0v) is 15.9. The van der Waals surface area contributed by atoms with Gasteiger partial charge >= 0.3 is 0 Å². The van der Waals surface area contributed by atoms with Crippen LogP contribution >= 0.6 is 0 Å². The Morgan fingerprint density at radius 3 is 2.44 bits per heavy atom. The summed E-state index contributed by atoms with van der Waals surface area (Å²) in [6, 6.07) is 15.3. The fraction of sp³-hybridized carbons (Fsp3) is 0.478. The molecule has 5 rings (SSSR count). The number of hydrogen-bond acceptors (Lipinski definition) is 4. The first-order valence-electron chi connectivity index (χ1n) is 10.3. The van der Waals surface area contributed by atoms with Crippen LogP contribution in [0.4, 0.5) is 5.69 Å². The van der Waals surface area contributed by atoms with Crippen LogP contribution in [0.25, 0.3) is 0 Å². The lowest BCUT2D eigenvalue weighted by Crippen LogP contribution is -2.47. The first-order valence-corrected chi connectivity index (χ1v) is 10.3. The average Bonchev–Trinajstić information content (AvgIpc) is 3.15. The number of fused-ring (bicyclic) bond motifs is 2. The second kappa shape index (κ2) is 7.53. The molecular formula is C23H28N2O2. The van der Waals surface area contributed by atoms with Gasteiger partial charge in [-0.3, -0.25) is 4.90 Å². The summed E-state index contributed by atoms with van der Waals surface area (Å²) in [4.78, 5) is 15.7. The van der Waals surface area contributed by atoms with Crippen molar-refractivity contribution in [2.75, 3.05) is 44.2 Å². The Morgan fingerprint density at radius 1 is 0.889 bits per heavy atom. The summed E-state index contributed by atoms with van der Waals surface area (Å²) < 4.78 is 0. The maximum atomic E-state index is 5.36. The van der Waals surface area contributed by atoms with Crippen molar-refractivity contribution in [2.45, 2.75) is 25.7 Å². The van der Waals surface area contributed by atoms with E-state index in [0.717, 1.165) is 44.3 Å². The minimum Gasteiger partial charge on any atom is -0.369 e. The molecular weight excluding hydrogens is 336 g/mol. The van der Waals surface area contributed by atoms with Crippen LogP contribution in [0.15, 0.2) is 42.5 Å². The quantitative estimate of drug-likeness (QED) is 0.776. The average molecular weight is 364 g/mol.